The monoisotopic (exact) mass is 400 g/mol. The highest BCUT2D eigenvalue weighted by Crippen LogP contribution is 2.40. The van der Waals surface area contributed by atoms with Crippen LogP contribution in [0.2, 0.25) is 0 Å². The molecule has 0 radical (unpaired) electrons. The third kappa shape index (κ3) is 3.18. The van der Waals surface area contributed by atoms with E-state index < -0.39 is 10.0 Å². The second-order valence-corrected chi connectivity index (χ2v) is 9.17. The molecule has 0 bridgehead atoms. The molecule has 0 N–H and O–H groups in total. The van der Waals surface area contributed by atoms with Crippen LogP contribution in [-0.4, -0.2) is 38.3 Å². The van der Waals surface area contributed by atoms with Crippen LogP contribution >= 0.6 is 0 Å². The Kier molecular flexibility index (Phi) is 4.89. The molecule has 1 fully saturated rings. The summed E-state index contributed by atoms with van der Waals surface area (Å²) in [7, 11) is -3.67. The van der Waals surface area contributed by atoms with E-state index in [2.05, 4.69) is 0 Å². The highest BCUT2D eigenvalue weighted by molar-refractivity contribution is 7.89. The third-order valence-corrected chi connectivity index (χ3v) is 7.44. The zero-order chi connectivity index (χ0) is 19.9. The number of nitrogens with zero attached hydrogens (tertiary/aromatic N) is 2. The molecule has 7 heteroatoms. The molecule has 148 valence electrons. The summed E-state index contributed by atoms with van der Waals surface area (Å²) in [6.07, 6.45) is 1.64. The van der Waals surface area contributed by atoms with E-state index in [0.717, 1.165) is 24.0 Å². The Labute approximate surface area is 165 Å². The molecule has 2 aliphatic heterocycles. The Morgan fingerprint density at radius 2 is 1.93 bits per heavy atom. The van der Waals surface area contributed by atoms with Gasteiger partial charge in [-0.25, -0.2) is 8.42 Å². The molecule has 1 amide bonds. The number of rotatable bonds is 3. The maximum atomic E-state index is 13.4. The molecule has 6 nitrogen and oxygen atoms in total. The molecule has 2 aromatic rings. The molecule has 28 heavy (non-hydrogen) atoms. The van der Waals surface area contributed by atoms with E-state index in [9.17, 15) is 13.2 Å². The first kappa shape index (κ1) is 19.0. The van der Waals surface area contributed by atoms with E-state index in [1.54, 1.807) is 27.4 Å². The van der Waals surface area contributed by atoms with Crippen molar-refractivity contribution in [1.82, 2.24) is 4.31 Å². The van der Waals surface area contributed by atoms with Crippen LogP contribution in [0.5, 0.6) is 5.75 Å². The van der Waals surface area contributed by atoms with Gasteiger partial charge in [-0.1, -0.05) is 24.3 Å². The predicted octanol–water partition coefficient (Wildman–Crippen LogP) is 3.27. The molecule has 1 unspecified atom stereocenters. The van der Waals surface area contributed by atoms with Crippen molar-refractivity contribution in [3.63, 3.8) is 0 Å². The van der Waals surface area contributed by atoms with Crippen molar-refractivity contribution in [2.24, 2.45) is 0 Å². The van der Waals surface area contributed by atoms with Crippen molar-refractivity contribution in [2.75, 3.05) is 24.6 Å². The fraction of sp³-hybridized carbons (Fsp3) is 0.381. The highest BCUT2D eigenvalue weighted by Gasteiger charge is 2.37. The van der Waals surface area contributed by atoms with Gasteiger partial charge in [0, 0.05) is 19.5 Å². The molecule has 1 saturated heterocycles. The molecule has 4 rings (SSSR count). The van der Waals surface area contributed by atoms with E-state index >= 15 is 0 Å². The predicted molar refractivity (Wildman–Crippen MR) is 107 cm³/mol. The van der Waals surface area contributed by atoms with Crippen LogP contribution in [0.1, 0.15) is 36.9 Å². The molecule has 2 aliphatic rings. The Bertz CT molecular complexity index is 1020. The van der Waals surface area contributed by atoms with Gasteiger partial charge in [-0.3, -0.25) is 4.79 Å². The normalized spacial score (nSPS) is 19.9. The van der Waals surface area contributed by atoms with E-state index in [0.29, 0.717) is 31.1 Å². The molecule has 0 aliphatic carbocycles. The minimum absolute atomic E-state index is 0.0840. The average molecular weight is 401 g/mol. The number of fused-ring (bicyclic) bond motifs is 1. The highest BCUT2D eigenvalue weighted by atomic mass is 32.2. The van der Waals surface area contributed by atoms with Gasteiger partial charge >= 0.3 is 0 Å². The van der Waals surface area contributed by atoms with Crippen molar-refractivity contribution in [2.45, 2.75) is 37.6 Å². The summed E-state index contributed by atoms with van der Waals surface area (Å²) in [5.41, 5.74) is 2.77. The fourth-order valence-corrected chi connectivity index (χ4v) is 5.81. The number of carbonyl (C=O) groups excluding carboxylic acids is 1. The number of hydrogen-bond donors (Lipinski definition) is 0. The minimum atomic E-state index is -3.67. The van der Waals surface area contributed by atoms with Crippen molar-refractivity contribution in [1.29, 1.82) is 0 Å². The molecule has 2 heterocycles. The average Bonchev–Trinajstić information content (AvgIpc) is 3.17. The lowest BCUT2D eigenvalue weighted by Crippen LogP contribution is -2.36. The van der Waals surface area contributed by atoms with Crippen LogP contribution in [0.3, 0.4) is 0 Å². The maximum Gasteiger partial charge on any atom is 0.243 e. The number of anilines is 1. The van der Waals surface area contributed by atoms with Crippen LogP contribution < -0.4 is 9.64 Å². The number of sulfonamides is 1. The Morgan fingerprint density at radius 1 is 1.14 bits per heavy atom. The zero-order valence-corrected chi connectivity index (χ0v) is 16.9. The quantitative estimate of drug-likeness (QED) is 0.793. The van der Waals surface area contributed by atoms with Gasteiger partial charge in [0.1, 0.15) is 12.4 Å². The van der Waals surface area contributed by atoms with Gasteiger partial charge in [-0.15, -0.1) is 0 Å². The van der Waals surface area contributed by atoms with E-state index in [-0.39, 0.29) is 16.8 Å². The lowest BCUT2D eigenvalue weighted by Gasteiger charge is -2.30. The van der Waals surface area contributed by atoms with Gasteiger partial charge < -0.3 is 9.64 Å². The Balaban J connectivity index is 1.70. The summed E-state index contributed by atoms with van der Waals surface area (Å²) in [4.78, 5) is 13.6. The van der Waals surface area contributed by atoms with Crippen LogP contribution in [0.25, 0.3) is 0 Å². The van der Waals surface area contributed by atoms with Gasteiger partial charge in [0.2, 0.25) is 15.9 Å². The van der Waals surface area contributed by atoms with Crippen LogP contribution in [0.15, 0.2) is 47.4 Å². The first-order valence-electron chi connectivity index (χ1n) is 9.52. The lowest BCUT2D eigenvalue weighted by atomic mass is 10.0. The number of amides is 1. The molecule has 1 atom stereocenters. The number of hydrogen-bond acceptors (Lipinski definition) is 4. The molecule has 0 spiro atoms. The summed E-state index contributed by atoms with van der Waals surface area (Å²) in [6.45, 7) is 4.83. The van der Waals surface area contributed by atoms with Crippen LogP contribution in [0.4, 0.5) is 5.69 Å². The fourth-order valence-electron chi connectivity index (χ4n) is 4.12. The van der Waals surface area contributed by atoms with Crippen molar-refractivity contribution in [3.8, 4) is 5.75 Å². The summed E-state index contributed by atoms with van der Waals surface area (Å²) >= 11 is 0. The van der Waals surface area contributed by atoms with Crippen molar-refractivity contribution < 1.29 is 17.9 Å². The number of benzene rings is 2. The van der Waals surface area contributed by atoms with Gasteiger partial charge in [-0.2, -0.15) is 4.31 Å². The summed E-state index contributed by atoms with van der Waals surface area (Å²) in [6, 6.07) is 12.6. The van der Waals surface area contributed by atoms with E-state index in [4.69, 9.17) is 4.74 Å². The summed E-state index contributed by atoms with van der Waals surface area (Å²) in [5.74, 6) is 0.355. The first-order chi connectivity index (χ1) is 13.4. The Hall–Kier alpha value is -2.38. The van der Waals surface area contributed by atoms with E-state index in [1.807, 2.05) is 31.2 Å². The third-order valence-electron chi connectivity index (χ3n) is 5.53. The molecule has 0 aromatic heterocycles. The van der Waals surface area contributed by atoms with Crippen molar-refractivity contribution >= 4 is 21.6 Å². The maximum absolute atomic E-state index is 13.4. The second kappa shape index (κ2) is 7.22. The smallest absolute Gasteiger partial charge is 0.243 e. The van der Waals surface area contributed by atoms with Gasteiger partial charge in [-0.05, 0) is 43.0 Å². The van der Waals surface area contributed by atoms with Crippen LogP contribution in [0, 0.1) is 6.92 Å². The lowest BCUT2D eigenvalue weighted by molar-refractivity contribution is -0.116. The topological polar surface area (TPSA) is 66.9 Å². The van der Waals surface area contributed by atoms with E-state index in [1.165, 1.54) is 6.92 Å². The molecule has 2 aromatic carbocycles. The summed E-state index contributed by atoms with van der Waals surface area (Å²) < 4.78 is 34.1. The molecular formula is C21H24N2O4S. The number of carbonyl (C=O) groups is 1. The standard InChI is InChI=1S/C21H24N2O4S/c1-15-6-3-4-7-18(15)19-8-5-11-23(19)28(25,26)17-9-10-20-21(14-17)27-13-12-22(20)16(2)24/h3-4,6-7,9-10,14,19H,5,8,11-13H2,1-2H3. The van der Waals surface area contributed by atoms with Gasteiger partial charge in [0.05, 0.1) is 23.2 Å². The molecular weight excluding hydrogens is 376 g/mol. The largest absolute Gasteiger partial charge is 0.489 e. The number of aryl methyl sites for hydroxylation is 1. The first-order valence-corrected chi connectivity index (χ1v) is 11.0. The SMILES string of the molecule is CC(=O)N1CCOc2cc(S(=O)(=O)N3CCCC3c3ccccc3C)ccc21. The van der Waals surface area contributed by atoms with Gasteiger partial charge in [0.25, 0.3) is 0 Å². The van der Waals surface area contributed by atoms with Gasteiger partial charge in [0.15, 0.2) is 0 Å². The summed E-state index contributed by atoms with van der Waals surface area (Å²) in [5, 5.41) is 0. The Morgan fingerprint density at radius 3 is 2.68 bits per heavy atom. The zero-order valence-electron chi connectivity index (χ0n) is 16.1. The molecule has 0 saturated carbocycles. The minimum Gasteiger partial charge on any atom is -0.489 e. The van der Waals surface area contributed by atoms with Crippen LogP contribution in [-0.2, 0) is 14.8 Å². The number of ether oxygens (including phenoxy) is 1. The van der Waals surface area contributed by atoms with Crippen molar-refractivity contribution in [3.05, 3.63) is 53.6 Å². The second-order valence-electron chi connectivity index (χ2n) is 7.28.